The Labute approximate surface area is 98.5 Å². The molecular formula is C10H12Cl2N2O. The second-order valence-electron chi connectivity index (χ2n) is 3.23. The number of carbonyl (C=O) groups is 1. The fraction of sp³-hybridized carbons (Fsp3) is 0.300. The Kier molecular flexibility index (Phi) is 4.39. The van der Waals surface area contributed by atoms with Crippen molar-refractivity contribution in [2.75, 3.05) is 6.54 Å². The molecule has 0 unspecified atom stereocenters. The van der Waals surface area contributed by atoms with E-state index in [2.05, 4.69) is 5.32 Å². The van der Waals surface area contributed by atoms with Crippen LogP contribution < -0.4 is 11.1 Å². The van der Waals surface area contributed by atoms with Crippen LogP contribution in [0.4, 0.5) is 0 Å². The van der Waals surface area contributed by atoms with E-state index in [4.69, 9.17) is 28.9 Å². The molecule has 1 aromatic rings. The average Bonchev–Trinajstić information content (AvgIpc) is 2.21. The molecular weight excluding hydrogens is 235 g/mol. The highest BCUT2D eigenvalue weighted by Crippen LogP contribution is 2.20. The molecule has 0 saturated heterocycles. The first-order chi connectivity index (χ1) is 7.04. The van der Waals surface area contributed by atoms with Gasteiger partial charge in [0.05, 0.1) is 10.6 Å². The van der Waals surface area contributed by atoms with Gasteiger partial charge in [0.2, 0.25) is 0 Å². The van der Waals surface area contributed by atoms with Crippen molar-refractivity contribution < 1.29 is 4.79 Å². The molecule has 0 radical (unpaired) electrons. The summed E-state index contributed by atoms with van der Waals surface area (Å²) in [5.41, 5.74) is 5.76. The van der Waals surface area contributed by atoms with Crippen molar-refractivity contribution >= 4 is 29.1 Å². The topological polar surface area (TPSA) is 55.1 Å². The molecule has 15 heavy (non-hydrogen) atoms. The van der Waals surface area contributed by atoms with E-state index in [1.54, 1.807) is 12.1 Å². The first-order valence-electron chi connectivity index (χ1n) is 4.50. The molecule has 82 valence electrons. The van der Waals surface area contributed by atoms with Crippen LogP contribution in [0.1, 0.15) is 17.3 Å². The van der Waals surface area contributed by atoms with Crippen LogP contribution >= 0.6 is 23.2 Å². The molecule has 1 rings (SSSR count). The Morgan fingerprint density at radius 3 is 2.80 bits per heavy atom. The van der Waals surface area contributed by atoms with Gasteiger partial charge in [-0.25, -0.2) is 0 Å². The number of benzene rings is 1. The van der Waals surface area contributed by atoms with Crippen molar-refractivity contribution in [1.29, 1.82) is 0 Å². The van der Waals surface area contributed by atoms with Crippen LogP contribution in [-0.4, -0.2) is 18.5 Å². The summed E-state index contributed by atoms with van der Waals surface area (Å²) in [5.74, 6) is -0.263. The van der Waals surface area contributed by atoms with E-state index in [1.807, 2.05) is 6.92 Å². The number of rotatable bonds is 3. The normalized spacial score (nSPS) is 12.3. The maximum Gasteiger partial charge on any atom is 0.253 e. The fourth-order valence-corrected chi connectivity index (χ4v) is 1.41. The molecule has 0 aliphatic carbocycles. The lowest BCUT2D eigenvalue weighted by molar-refractivity contribution is 0.0941. The third kappa shape index (κ3) is 3.38. The van der Waals surface area contributed by atoms with Gasteiger partial charge in [-0.15, -0.1) is 0 Å². The van der Waals surface area contributed by atoms with Gasteiger partial charge in [-0.1, -0.05) is 23.2 Å². The Bertz CT molecular complexity index is 368. The molecule has 5 heteroatoms. The van der Waals surface area contributed by atoms with Crippen LogP contribution in [-0.2, 0) is 0 Å². The first-order valence-corrected chi connectivity index (χ1v) is 5.26. The Hall–Kier alpha value is -0.770. The predicted molar refractivity (Wildman–Crippen MR) is 62.4 cm³/mol. The maximum atomic E-state index is 11.7. The molecule has 0 fully saturated rings. The highest BCUT2D eigenvalue weighted by atomic mass is 35.5. The number of hydrogen-bond donors (Lipinski definition) is 2. The standard InChI is InChI=1S/C10H12Cl2N2O/c1-6(5-13)14-10(15)8-4-7(11)2-3-9(8)12/h2-4,6H,5,13H2,1H3,(H,14,15)/t6-/m1/s1. The number of halogens is 2. The molecule has 0 aromatic heterocycles. The Morgan fingerprint density at radius 2 is 2.20 bits per heavy atom. The van der Waals surface area contributed by atoms with Crippen LogP contribution in [0.3, 0.4) is 0 Å². The number of hydrogen-bond acceptors (Lipinski definition) is 2. The predicted octanol–water partition coefficient (Wildman–Crippen LogP) is 2.07. The Morgan fingerprint density at radius 1 is 1.53 bits per heavy atom. The van der Waals surface area contributed by atoms with Crippen molar-refractivity contribution in [3.8, 4) is 0 Å². The second-order valence-corrected chi connectivity index (χ2v) is 4.08. The minimum atomic E-state index is -0.263. The summed E-state index contributed by atoms with van der Waals surface area (Å²) in [6.45, 7) is 2.19. The lowest BCUT2D eigenvalue weighted by Gasteiger charge is -2.12. The monoisotopic (exact) mass is 246 g/mol. The summed E-state index contributed by atoms with van der Waals surface area (Å²) >= 11 is 11.6. The number of nitrogens with one attached hydrogen (secondary N) is 1. The zero-order valence-corrected chi connectivity index (χ0v) is 9.77. The van der Waals surface area contributed by atoms with Crippen molar-refractivity contribution in [3.63, 3.8) is 0 Å². The van der Waals surface area contributed by atoms with Gasteiger partial charge >= 0.3 is 0 Å². The average molecular weight is 247 g/mol. The summed E-state index contributed by atoms with van der Waals surface area (Å²) < 4.78 is 0. The van der Waals surface area contributed by atoms with E-state index in [0.717, 1.165) is 0 Å². The van der Waals surface area contributed by atoms with Gasteiger partial charge in [0.1, 0.15) is 0 Å². The quantitative estimate of drug-likeness (QED) is 0.859. The molecule has 0 saturated carbocycles. The third-order valence-corrected chi connectivity index (χ3v) is 2.47. The summed E-state index contributed by atoms with van der Waals surface area (Å²) in [7, 11) is 0. The number of amides is 1. The molecule has 0 aliphatic rings. The van der Waals surface area contributed by atoms with Gasteiger partial charge in [-0.05, 0) is 25.1 Å². The summed E-state index contributed by atoms with van der Waals surface area (Å²) in [6.07, 6.45) is 0. The van der Waals surface area contributed by atoms with Crippen LogP contribution in [0.5, 0.6) is 0 Å². The van der Waals surface area contributed by atoms with Crippen molar-refractivity contribution in [2.45, 2.75) is 13.0 Å². The van der Waals surface area contributed by atoms with E-state index in [0.29, 0.717) is 22.2 Å². The second kappa shape index (κ2) is 5.35. The zero-order chi connectivity index (χ0) is 11.4. The lowest BCUT2D eigenvalue weighted by atomic mass is 10.2. The first kappa shape index (κ1) is 12.3. The summed E-state index contributed by atoms with van der Waals surface area (Å²) in [6, 6.07) is 4.66. The SMILES string of the molecule is C[C@H](CN)NC(=O)c1cc(Cl)ccc1Cl. The van der Waals surface area contributed by atoms with E-state index in [1.165, 1.54) is 6.07 Å². The highest BCUT2D eigenvalue weighted by molar-refractivity contribution is 6.35. The van der Waals surface area contributed by atoms with Gasteiger partial charge in [0.15, 0.2) is 0 Å². The van der Waals surface area contributed by atoms with Gasteiger partial charge in [-0.2, -0.15) is 0 Å². The Balaban J connectivity index is 2.86. The van der Waals surface area contributed by atoms with E-state index >= 15 is 0 Å². The van der Waals surface area contributed by atoms with Gasteiger partial charge < -0.3 is 11.1 Å². The summed E-state index contributed by atoms with van der Waals surface area (Å²) in [5, 5.41) is 3.56. The molecule has 0 aliphatic heterocycles. The van der Waals surface area contributed by atoms with Crippen molar-refractivity contribution in [2.24, 2.45) is 5.73 Å². The number of nitrogens with two attached hydrogens (primary N) is 1. The van der Waals surface area contributed by atoms with Gasteiger partial charge in [-0.3, -0.25) is 4.79 Å². The van der Waals surface area contributed by atoms with E-state index < -0.39 is 0 Å². The van der Waals surface area contributed by atoms with Crippen molar-refractivity contribution in [1.82, 2.24) is 5.32 Å². The molecule has 3 N–H and O–H groups in total. The maximum absolute atomic E-state index is 11.7. The smallest absolute Gasteiger partial charge is 0.253 e. The molecule has 1 aromatic carbocycles. The van der Waals surface area contributed by atoms with Crippen LogP contribution in [0.15, 0.2) is 18.2 Å². The van der Waals surface area contributed by atoms with E-state index in [9.17, 15) is 4.79 Å². The van der Waals surface area contributed by atoms with Crippen molar-refractivity contribution in [3.05, 3.63) is 33.8 Å². The molecule has 1 atom stereocenters. The molecule has 3 nitrogen and oxygen atoms in total. The number of carbonyl (C=O) groups excluding carboxylic acids is 1. The van der Waals surface area contributed by atoms with Crippen LogP contribution in [0, 0.1) is 0 Å². The minimum Gasteiger partial charge on any atom is -0.348 e. The fourth-order valence-electron chi connectivity index (χ4n) is 1.03. The highest BCUT2D eigenvalue weighted by Gasteiger charge is 2.12. The van der Waals surface area contributed by atoms with E-state index in [-0.39, 0.29) is 11.9 Å². The summed E-state index contributed by atoms with van der Waals surface area (Å²) in [4.78, 5) is 11.7. The minimum absolute atomic E-state index is 0.0902. The molecule has 1 amide bonds. The lowest BCUT2D eigenvalue weighted by Crippen LogP contribution is -2.37. The zero-order valence-electron chi connectivity index (χ0n) is 8.26. The third-order valence-electron chi connectivity index (χ3n) is 1.90. The molecule has 0 heterocycles. The van der Waals surface area contributed by atoms with Gasteiger partial charge in [0, 0.05) is 17.6 Å². The molecule has 0 spiro atoms. The largest absolute Gasteiger partial charge is 0.348 e. The van der Waals surface area contributed by atoms with Crippen LogP contribution in [0.2, 0.25) is 10.0 Å². The van der Waals surface area contributed by atoms with Gasteiger partial charge in [0.25, 0.3) is 5.91 Å². The van der Waals surface area contributed by atoms with Crippen LogP contribution in [0.25, 0.3) is 0 Å². The molecule has 0 bridgehead atoms.